The van der Waals surface area contributed by atoms with Crippen LogP contribution in [0, 0.1) is 19.3 Å². The van der Waals surface area contributed by atoms with Gasteiger partial charge in [-0.3, -0.25) is 19.2 Å². The van der Waals surface area contributed by atoms with Crippen molar-refractivity contribution in [1.82, 2.24) is 0 Å². The van der Waals surface area contributed by atoms with Gasteiger partial charge in [0.2, 0.25) is 0 Å². The normalized spacial score (nSPS) is 10.8. The third-order valence-electron chi connectivity index (χ3n) is 10.4. The van der Waals surface area contributed by atoms with Crippen molar-refractivity contribution in [2.45, 2.75) is 307 Å². The van der Waals surface area contributed by atoms with E-state index in [9.17, 15) is 43.2 Å². The van der Waals surface area contributed by atoms with Gasteiger partial charge in [-0.15, -0.1) is 0 Å². The van der Waals surface area contributed by atoms with E-state index in [0.717, 1.165) is 29.9 Å². The Hall–Kier alpha value is -6.17. The molecule has 108 heavy (non-hydrogen) atoms. The molecule has 0 aliphatic carbocycles. The molecule has 0 aliphatic rings. The summed E-state index contributed by atoms with van der Waals surface area (Å²) in [6, 6.07) is 3.67. The second-order valence-corrected chi connectivity index (χ2v) is 29.9. The largest absolute Gasteiger partial charge is 0.511 e. The van der Waals surface area contributed by atoms with Crippen molar-refractivity contribution in [3.8, 4) is 5.75 Å². The molecule has 1 rings (SSSR count). The number of esters is 4. The van der Waals surface area contributed by atoms with Gasteiger partial charge in [0.25, 0.3) is 0 Å². The van der Waals surface area contributed by atoms with Crippen LogP contribution in [0.1, 0.15) is 244 Å². The van der Waals surface area contributed by atoms with Crippen molar-refractivity contribution in [1.29, 1.82) is 0 Å². The maximum atomic E-state index is 11.9. The highest BCUT2D eigenvalue weighted by atomic mass is 33.1. The standard InChI is InChI=1S/C18H26O6.C12H22O5.C9H18O4.2C8H16O4.C8H18OS2.C6H12O4.C6H12O3/c1-11(2)21-10-22-17(20)24-18(6,7)16-13(4)8-12(3)9-15(16)23-14(5)19;1-9(2)16-8-17-11(14)6-12(4,5)7-15-10(3)13;1-7(2)11-6-12-8(10)13-9(3,4)5;1-6(2)10-5-11-8(9)12-7(3)4;1-4-5-10-8(9)12-6-11-7(2)3;1-4-6-10-11-7-5-9-8(2)3;1-5(2)9-4-10-6(7)8-3;1-5(2)8-4-9-6(3)7/h8-9,11H,10H2,1-7H3;9H,6-8H2,1-5H3;7H,6H2,1-5H3;6-7H,5H2,1-4H3;7H,4-6H2,1-3H3;8H,4-7H2,1-3H3;5H,4H2,1-3H3;5H,4H2,1-3H3. The van der Waals surface area contributed by atoms with Crippen LogP contribution < -0.4 is 4.74 Å². The summed E-state index contributed by atoms with van der Waals surface area (Å²) in [5.74, 6) is 1.28. The topological polar surface area (TPSA) is 357 Å². The van der Waals surface area contributed by atoms with Crippen molar-refractivity contribution in [3.05, 3.63) is 28.8 Å². The van der Waals surface area contributed by atoms with Crippen LogP contribution in [0.15, 0.2) is 12.1 Å². The van der Waals surface area contributed by atoms with E-state index in [1.54, 1.807) is 54.5 Å². The number of hydrogen-bond acceptors (Lipinski definition) is 33. The Bertz CT molecular complexity index is 2460. The van der Waals surface area contributed by atoms with E-state index < -0.39 is 53.4 Å². The zero-order chi connectivity index (χ0) is 85.2. The average Bonchev–Trinajstić information content (AvgIpc) is 0.790. The molecule has 1 aromatic rings. The zero-order valence-corrected chi connectivity index (χ0v) is 73.1. The lowest BCUT2D eigenvalue weighted by Crippen LogP contribution is -2.29. The van der Waals surface area contributed by atoms with Crippen molar-refractivity contribution in [2.24, 2.45) is 5.41 Å². The van der Waals surface area contributed by atoms with Gasteiger partial charge in [-0.05, 0) is 203 Å². The van der Waals surface area contributed by atoms with Crippen LogP contribution in [0.3, 0.4) is 0 Å². The highest BCUT2D eigenvalue weighted by molar-refractivity contribution is 8.76. The first-order chi connectivity index (χ1) is 49.8. The molecule has 0 N–H and O–H groups in total. The Balaban J connectivity index is -0.000000221. The Morgan fingerprint density at radius 3 is 1.12 bits per heavy atom. The van der Waals surface area contributed by atoms with E-state index in [4.69, 9.17) is 71.1 Å². The first-order valence-electron chi connectivity index (χ1n) is 35.8. The first-order valence-corrected chi connectivity index (χ1v) is 38.2. The fourth-order valence-electron chi connectivity index (χ4n) is 5.91. The molecule has 0 aromatic heterocycles. The van der Waals surface area contributed by atoms with Gasteiger partial charge in [-0.2, -0.15) is 0 Å². The summed E-state index contributed by atoms with van der Waals surface area (Å²) in [6.45, 7) is 59.1. The van der Waals surface area contributed by atoms with Crippen LogP contribution in [-0.2, 0) is 124 Å². The lowest BCUT2D eigenvalue weighted by molar-refractivity contribution is -0.164. The van der Waals surface area contributed by atoms with E-state index in [1.165, 1.54) is 40.1 Å². The fourth-order valence-corrected chi connectivity index (χ4v) is 7.88. The molecule has 0 atom stereocenters. The molecule has 0 amide bonds. The summed E-state index contributed by atoms with van der Waals surface area (Å²) in [6.07, 6.45) is -0.866. The van der Waals surface area contributed by atoms with Crippen molar-refractivity contribution < 1.29 is 147 Å². The van der Waals surface area contributed by atoms with Crippen LogP contribution in [0.4, 0.5) is 24.0 Å². The minimum absolute atomic E-state index is 0.0249. The molecule has 0 heterocycles. The molecular formula is C75H140O31S2. The Morgan fingerprint density at radius 1 is 0.389 bits per heavy atom. The smallest absolute Gasteiger partial charge is 0.465 e. The molecule has 1 aromatic carbocycles. The lowest BCUT2D eigenvalue weighted by Gasteiger charge is -2.28. The van der Waals surface area contributed by atoms with Gasteiger partial charge in [-0.25, -0.2) is 24.0 Å². The molecule has 0 unspecified atom stereocenters. The van der Waals surface area contributed by atoms with Gasteiger partial charge in [-0.1, -0.05) is 55.3 Å². The number of benzene rings is 1. The van der Waals surface area contributed by atoms with Gasteiger partial charge in [0.1, 0.15) is 17.0 Å². The summed E-state index contributed by atoms with van der Waals surface area (Å²) in [5, 5.41) is 0. The van der Waals surface area contributed by atoms with E-state index >= 15 is 0 Å². The van der Waals surface area contributed by atoms with Crippen LogP contribution in [0.2, 0.25) is 0 Å². The van der Waals surface area contributed by atoms with E-state index in [2.05, 4.69) is 53.9 Å². The SMILES string of the molecule is CC(=O)OCC(C)(C)CC(=O)OCOC(C)C.CC(=O)OCOC(C)C.CC(=O)Oc1cc(C)cc(C)c1C(C)(C)OC(=O)OCOC(C)C.CC(C)OCOC(=O)OC(C)(C)C.CC(C)OCOC(=O)OC(C)C.CCCOC(=O)OCOC(C)C.CCCSSCCOC(C)C.COC(=O)OCOC(C)C. The summed E-state index contributed by atoms with van der Waals surface area (Å²) < 4.78 is 107. The molecule has 0 saturated carbocycles. The third-order valence-corrected chi connectivity index (χ3v) is 13.0. The maximum absolute atomic E-state index is 11.9. The van der Waals surface area contributed by atoms with Gasteiger partial charge in [0.05, 0.1) is 88.3 Å². The minimum atomic E-state index is -1.04. The second kappa shape index (κ2) is 71.2. The van der Waals surface area contributed by atoms with Crippen molar-refractivity contribution in [3.63, 3.8) is 0 Å². The zero-order valence-electron chi connectivity index (χ0n) is 71.4. The molecule has 0 fully saturated rings. The molecular weight excluding hydrogens is 1460 g/mol. The van der Waals surface area contributed by atoms with Crippen molar-refractivity contribution >= 4 is 76.2 Å². The predicted molar refractivity (Wildman–Crippen MR) is 411 cm³/mol. The Kier molecular flexibility index (Phi) is 75.9. The van der Waals surface area contributed by atoms with E-state index in [1.807, 2.05) is 159 Å². The summed E-state index contributed by atoms with van der Waals surface area (Å²) in [7, 11) is 5.10. The third kappa shape index (κ3) is 95.9. The monoisotopic (exact) mass is 1600 g/mol. The highest BCUT2D eigenvalue weighted by Gasteiger charge is 2.33. The number of hydrogen-bond donors (Lipinski definition) is 0. The first kappa shape index (κ1) is 115. The lowest BCUT2D eigenvalue weighted by atomic mass is 9.90. The van der Waals surface area contributed by atoms with Gasteiger partial charge in [0.15, 0.2) is 47.6 Å². The molecule has 638 valence electrons. The van der Waals surface area contributed by atoms with Gasteiger partial charge >= 0.3 is 54.7 Å². The number of aryl methyl sites for hydroxylation is 2. The molecule has 0 spiro atoms. The molecule has 31 nitrogen and oxygen atoms in total. The molecule has 0 aliphatic heterocycles. The maximum Gasteiger partial charge on any atom is 0.511 e. The summed E-state index contributed by atoms with van der Waals surface area (Å²) in [5.41, 5.74) is 0.413. The highest BCUT2D eigenvalue weighted by Crippen LogP contribution is 2.37. The predicted octanol–water partition coefficient (Wildman–Crippen LogP) is 17.4. The molecule has 0 bridgehead atoms. The second-order valence-electron chi connectivity index (χ2n) is 27.2. The van der Waals surface area contributed by atoms with Crippen molar-refractivity contribution in [2.75, 3.05) is 86.0 Å². The van der Waals surface area contributed by atoms with Crippen LogP contribution in [-0.4, -0.2) is 201 Å². The summed E-state index contributed by atoms with van der Waals surface area (Å²) in [4.78, 5) is 98.0. The number of methoxy groups -OCH3 is 1. The van der Waals surface area contributed by atoms with Crippen LogP contribution >= 0.6 is 21.6 Å². The average molecular weight is 1600 g/mol. The van der Waals surface area contributed by atoms with Crippen LogP contribution in [0.25, 0.3) is 0 Å². The summed E-state index contributed by atoms with van der Waals surface area (Å²) >= 11 is 0. The number of carbonyl (C=O) groups is 9. The number of ether oxygens (including phenoxy) is 22. The van der Waals surface area contributed by atoms with Gasteiger partial charge in [0, 0.05) is 43.3 Å². The Labute approximate surface area is 653 Å². The van der Waals surface area contributed by atoms with Crippen LogP contribution in [0.5, 0.6) is 5.75 Å². The molecule has 0 saturated heterocycles. The fraction of sp³-hybridized carbons (Fsp3) is 0.800. The molecule has 33 heteroatoms. The van der Waals surface area contributed by atoms with Gasteiger partial charge < -0.3 is 104 Å². The Morgan fingerprint density at radius 2 is 0.759 bits per heavy atom. The van der Waals surface area contributed by atoms with E-state index in [0.29, 0.717) is 24.0 Å². The number of carbonyl (C=O) groups excluding carboxylic acids is 9. The molecule has 0 radical (unpaired) electrons. The minimum Gasteiger partial charge on any atom is -0.465 e. The number of rotatable bonds is 38. The quantitative estimate of drug-likeness (QED) is 0.0148. The van der Waals surface area contributed by atoms with E-state index in [-0.39, 0.29) is 127 Å².